The lowest BCUT2D eigenvalue weighted by Crippen LogP contribution is -2.48. The lowest BCUT2D eigenvalue weighted by Gasteiger charge is -2.34. The number of aromatic nitrogens is 2. The van der Waals surface area contributed by atoms with Crippen LogP contribution in [0.3, 0.4) is 0 Å². The van der Waals surface area contributed by atoms with Gasteiger partial charge in [-0.05, 0) is 24.3 Å². The SMILES string of the molecule is CCc1oc2ccccc2c1/C=C/C(=O)N1CCN(c2nc3cccnc3s2)CC1. The molecule has 1 saturated heterocycles. The van der Waals surface area contributed by atoms with Crippen molar-refractivity contribution < 1.29 is 9.21 Å². The monoisotopic (exact) mass is 418 g/mol. The molecule has 1 aromatic carbocycles. The number of para-hydroxylation sites is 1. The summed E-state index contributed by atoms with van der Waals surface area (Å²) in [7, 11) is 0. The fourth-order valence-corrected chi connectivity index (χ4v) is 4.79. The van der Waals surface area contributed by atoms with Crippen LogP contribution in [0.4, 0.5) is 5.13 Å². The Kier molecular flexibility index (Phi) is 4.96. The van der Waals surface area contributed by atoms with Gasteiger partial charge in [0.25, 0.3) is 0 Å². The molecule has 1 fully saturated rings. The second kappa shape index (κ2) is 7.91. The predicted octanol–water partition coefficient (Wildman–Crippen LogP) is 4.36. The first-order valence-electron chi connectivity index (χ1n) is 10.2. The third kappa shape index (κ3) is 3.45. The Morgan fingerprint density at radius 3 is 2.80 bits per heavy atom. The van der Waals surface area contributed by atoms with Crippen molar-refractivity contribution in [3.8, 4) is 0 Å². The van der Waals surface area contributed by atoms with Crippen LogP contribution in [-0.2, 0) is 11.2 Å². The number of hydrogen-bond acceptors (Lipinski definition) is 6. The van der Waals surface area contributed by atoms with Gasteiger partial charge in [-0.25, -0.2) is 9.97 Å². The van der Waals surface area contributed by atoms with Gasteiger partial charge in [-0.15, -0.1) is 0 Å². The lowest BCUT2D eigenvalue weighted by molar-refractivity contribution is -0.126. The summed E-state index contributed by atoms with van der Waals surface area (Å²) >= 11 is 1.60. The number of fused-ring (bicyclic) bond motifs is 2. The zero-order valence-electron chi connectivity index (χ0n) is 16.7. The van der Waals surface area contributed by atoms with Crippen LogP contribution in [-0.4, -0.2) is 47.0 Å². The summed E-state index contributed by atoms with van der Waals surface area (Å²) in [6.07, 6.45) is 6.16. The van der Waals surface area contributed by atoms with E-state index < -0.39 is 0 Å². The Morgan fingerprint density at radius 2 is 2.00 bits per heavy atom. The molecule has 152 valence electrons. The number of amides is 1. The number of thiazole rings is 1. The topological polar surface area (TPSA) is 62.5 Å². The van der Waals surface area contributed by atoms with Crippen molar-refractivity contribution in [3.05, 3.63) is 60.0 Å². The van der Waals surface area contributed by atoms with Crippen LogP contribution in [0.1, 0.15) is 18.2 Å². The van der Waals surface area contributed by atoms with Crippen LogP contribution in [0, 0.1) is 0 Å². The molecule has 0 aliphatic carbocycles. The highest BCUT2D eigenvalue weighted by molar-refractivity contribution is 7.21. The van der Waals surface area contributed by atoms with Gasteiger partial charge in [0, 0.05) is 55.8 Å². The number of anilines is 1. The molecule has 0 N–H and O–H groups in total. The molecular weight excluding hydrogens is 396 g/mol. The molecule has 6 nitrogen and oxygen atoms in total. The number of pyridine rings is 1. The minimum Gasteiger partial charge on any atom is -0.460 e. The first-order valence-corrected chi connectivity index (χ1v) is 11.0. The highest BCUT2D eigenvalue weighted by Crippen LogP contribution is 2.29. The third-order valence-electron chi connectivity index (χ3n) is 5.44. The maximum absolute atomic E-state index is 12.8. The van der Waals surface area contributed by atoms with E-state index in [0.29, 0.717) is 13.1 Å². The summed E-state index contributed by atoms with van der Waals surface area (Å²) < 4.78 is 5.92. The van der Waals surface area contributed by atoms with Gasteiger partial charge in [0.15, 0.2) is 5.13 Å². The summed E-state index contributed by atoms with van der Waals surface area (Å²) in [6, 6.07) is 11.8. The number of carbonyl (C=O) groups excluding carboxylic acids is 1. The summed E-state index contributed by atoms with van der Waals surface area (Å²) in [5.41, 5.74) is 2.79. The molecule has 0 radical (unpaired) electrons. The Labute approximate surface area is 178 Å². The molecule has 1 aliphatic rings. The van der Waals surface area contributed by atoms with E-state index >= 15 is 0 Å². The Hall–Kier alpha value is -3.19. The van der Waals surface area contributed by atoms with Crippen LogP contribution in [0.15, 0.2) is 53.1 Å². The molecule has 1 amide bonds. The molecular formula is C23H22N4O2S. The zero-order valence-corrected chi connectivity index (χ0v) is 17.6. The molecule has 0 unspecified atom stereocenters. The number of nitrogens with zero attached hydrogens (tertiary/aromatic N) is 4. The van der Waals surface area contributed by atoms with Crippen LogP contribution in [0.5, 0.6) is 0 Å². The molecule has 7 heteroatoms. The number of rotatable bonds is 4. The van der Waals surface area contributed by atoms with E-state index in [1.54, 1.807) is 23.6 Å². The van der Waals surface area contributed by atoms with Crippen molar-refractivity contribution in [3.63, 3.8) is 0 Å². The number of furan rings is 1. The van der Waals surface area contributed by atoms with Crippen LogP contribution < -0.4 is 4.90 Å². The van der Waals surface area contributed by atoms with Gasteiger partial charge in [-0.2, -0.15) is 0 Å². The van der Waals surface area contributed by atoms with Gasteiger partial charge < -0.3 is 14.2 Å². The number of carbonyl (C=O) groups is 1. The van der Waals surface area contributed by atoms with E-state index in [-0.39, 0.29) is 5.91 Å². The van der Waals surface area contributed by atoms with Crippen LogP contribution in [0.2, 0.25) is 0 Å². The summed E-state index contributed by atoms with van der Waals surface area (Å²) in [6.45, 7) is 4.97. The van der Waals surface area contributed by atoms with Crippen molar-refractivity contribution in [2.75, 3.05) is 31.1 Å². The highest BCUT2D eigenvalue weighted by atomic mass is 32.1. The largest absolute Gasteiger partial charge is 0.460 e. The fourth-order valence-electron chi connectivity index (χ4n) is 3.83. The molecule has 30 heavy (non-hydrogen) atoms. The van der Waals surface area contributed by atoms with E-state index in [0.717, 1.165) is 57.3 Å². The predicted molar refractivity (Wildman–Crippen MR) is 121 cm³/mol. The van der Waals surface area contributed by atoms with Crippen molar-refractivity contribution in [2.24, 2.45) is 0 Å². The third-order valence-corrected chi connectivity index (χ3v) is 6.48. The fraction of sp³-hybridized carbons (Fsp3) is 0.261. The Morgan fingerprint density at radius 1 is 1.17 bits per heavy atom. The van der Waals surface area contributed by atoms with Gasteiger partial charge in [0.05, 0.1) is 0 Å². The molecule has 0 spiro atoms. The van der Waals surface area contributed by atoms with E-state index in [9.17, 15) is 4.79 Å². The standard InChI is InChI=1S/C23H22N4O2S/c1-2-19-17(16-6-3-4-8-20(16)29-19)9-10-21(28)26-12-14-27(15-13-26)23-25-18-7-5-11-24-22(18)30-23/h3-11H,2,12-15H2,1H3/b10-9+. The minimum atomic E-state index is 0.0351. The second-order valence-electron chi connectivity index (χ2n) is 7.26. The van der Waals surface area contributed by atoms with Crippen molar-refractivity contribution in [1.29, 1.82) is 0 Å². The summed E-state index contributed by atoms with van der Waals surface area (Å²) in [5.74, 6) is 0.947. The number of aryl methyl sites for hydroxylation is 1. The quantitative estimate of drug-likeness (QED) is 0.461. The molecule has 0 atom stereocenters. The van der Waals surface area contributed by atoms with Gasteiger partial charge in [0.1, 0.15) is 21.7 Å². The molecule has 4 heterocycles. The zero-order chi connectivity index (χ0) is 20.5. The molecule has 0 bridgehead atoms. The molecule has 0 saturated carbocycles. The minimum absolute atomic E-state index is 0.0351. The maximum atomic E-state index is 12.8. The Bertz CT molecular complexity index is 1200. The lowest BCUT2D eigenvalue weighted by atomic mass is 10.1. The number of benzene rings is 1. The van der Waals surface area contributed by atoms with Gasteiger partial charge in [-0.1, -0.05) is 36.5 Å². The molecule has 1 aliphatic heterocycles. The maximum Gasteiger partial charge on any atom is 0.246 e. The average molecular weight is 419 g/mol. The van der Waals surface area contributed by atoms with Crippen molar-refractivity contribution in [2.45, 2.75) is 13.3 Å². The number of hydrogen-bond donors (Lipinski definition) is 0. The average Bonchev–Trinajstić information content (AvgIpc) is 3.38. The van der Waals surface area contributed by atoms with Crippen molar-refractivity contribution in [1.82, 2.24) is 14.9 Å². The molecule has 5 rings (SSSR count). The van der Waals surface area contributed by atoms with Gasteiger partial charge in [0.2, 0.25) is 5.91 Å². The Balaban J connectivity index is 1.27. The van der Waals surface area contributed by atoms with E-state index in [1.807, 2.05) is 47.4 Å². The molecule has 4 aromatic rings. The summed E-state index contributed by atoms with van der Waals surface area (Å²) in [5, 5.41) is 2.02. The normalized spacial score (nSPS) is 15.0. The smallest absolute Gasteiger partial charge is 0.246 e. The first kappa shape index (κ1) is 18.8. The van der Waals surface area contributed by atoms with E-state index in [2.05, 4.69) is 21.8 Å². The van der Waals surface area contributed by atoms with E-state index in [4.69, 9.17) is 4.42 Å². The second-order valence-corrected chi connectivity index (χ2v) is 8.21. The van der Waals surface area contributed by atoms with Gasteiger partial charge >= 0.3 is 0 Å². The van der Waals surface area contributed by atoms with E-state index in [1.165, 1.54) is 0 Å². The van der Waals surface area contributed by atoms with Gasteiger partial charge in [-0.3, -0.25) is 4.79 Å². The van der Waals surface area contributed by atoms with Crippen LogP contribution >= 0.6 is 11.3 Å². The first-order chi connectivity index (χ1) is 14.7. The number of piperazine rings is 1. The summed E-state index contributed by atoms with van der Waals surface area (Å²) in [4.78, 5) is 26.9. The highest BCUT2D eigenvalue weighted by Gasteiger charge is 2.22. The van der Waals surface area contributed by atoms with Crippen molar-refractivity contribution >= 4 is 49.8 Å². The molecule has 3 aromatic heterocycles. The van der Waals surface area contributed by atoms with Crippen LogP contribution in [0.25, 0.3) is 27.4 Å².